The van der Waals surface area contributed by atoms with Crippen molar-refractivity contribution in [1.29, 1.82) is 0 Å². The molecule has 1 aliphatic rings. The van der Waals surface area contributed by atoms with Gasteiger partial charge in [0.2, 0.25) is 0 Å². The van der Waals surface area contributed by atoms with E-state index in [4.69, 9.17) is 15.2 Å². The maximum atomic E-state index is 10.3. The third-order valence-corrected chi connectivity index (χ3v) is 3.60. The minimum atomic E-state index is -0.625. The predicted octanol–water partition coefficient (Wildman–Crippen LogP) is 1.79. The van der Waals surface area contributed by atoms with Crippen molar-refractivity contribution in [3.63, 3.8) is 0 Å². The van der Waals surface area contributed by atoms with Crippen LogP contribution in [0, 0.1) is 0 Å². The van der Waals surface area contributed by atoms with Crippen molar-refractivity contribution in [2.24, 2.45) is 5.73 Å². The molecule has 3 N–H and O–H groups in total. The van der Waals surface area contributed by atoms with Crippen LogP contribution in [0.5, 0.6) is 11.5 Å². The van der Waals surface area contributed by atoms with Crippen LogP contribution in [0.2, 0.25) is 0 Å². The Hall–Kier alpha value is -1.26. The molecular weight excluding hydrogens is 230 g/mol. The van der Waals surface area contributed by atoms with E-state index in [9.17, 15) is 5.11 Å². The van der Waals surface area contributed by atoms with E-state index in [0.29, 0.717) is 11.5 Å². The molecule has 1 aliphatic carbocycles. The van der Waals surface area contributed by atoms with Crippen molar-refractivity contribution in [1.82, 2.24) is 0 Å². The van der Waals surface area contributed by atoms with Gasteiger partial charge in [-0.1, -0.05) is 6.42 Å². The maximum Gasteiger partial charge on any atom is 0.161 e. The highest BCUT2D eigenvalue weighted by atomic mass is 16.5. The Kier molecular flexibility index (Phi) is 4.09. The molecule has 0 aromatic heterocycles. The minimum Gasteiger partial charge on any atom is -0.493 e. The summed E-state index contributed by atoms with van der Waals surface area (Å²) >= 11 is 0. The normalized spacial score (nSPS) is 23.8. The average molecular weight is 251 g/mol. The molecule has 0 heterocycles. The number of ether oxygens (including phenoxy) is 2. The van der Waals surface area contributed by atoms with Crippen LogP contribution >= 0.6 is 0 Å². The SMILES string of the molecule is COc1cc2c(cc1OC)C(O)C(N)CCCC2. The van der Waals surface area contributed by atoms with Gasteiger partial charge in [-0.25, -0.2) is 0 Å². The summed E-state index contributed by atoms with van der Waals surface area (Å²) in [6.45, 7) is 0. The molecule has 0 aliphatic heterocycles. The molecule has 4 nitrogen and oxygen atoms in total. The van der Waals surface area contributed by atoms with Gasteiger partial charge in [-0.3, -0.25) is 0 Å². The number of rotatable bonds is 2. The summed E-state index contributed by atoms with van der Waals surface area (Å²) in [5.41, 5.74) is 7.98. The third kappa shape index (κ3) is 2.44. The van der Waals surface area contributed by atoms with E-state index < -0.39 is 6.10 Å². The van der Waals surface area contributed by atoms with E-state index in [0.717, 1.165) is 36.8 Å². The smallest absolute Gasteiger partial charge is 0.161 e. The predicted molar refractivity (Wildman–Crippen MR) is 70.0 cm³/mol. The zero-order valence-electron chi connectivity index (χ0n) is 11.0. The Balaban J connectivity index is 2.47. The van der Waals surface area contributed by atoms with Crippen molar-refractivity contribution in [3.05, 3.63) is 23.3 Å². The van der Waals surface area contributed by atoms with Crippen LogP contribution in [0.3, 0.4) is 0 Å². The first-order valence-electron chi connectivity index (χ1n) is 6.35. The minimum absolute atomic E-state index is 0.206. The zero-order valence-corrected chi connectivity index (χ0v) is 11.0. The Labute approximate surface area is 108 Å². The van der Waals surface area contributed by atoms with Gasteiger partial charge >= 0.3 is 0 Å². The molecule has 0 spiro atoms. The van der Waals surface area contributed by atoms with Gasteiger partial charge in [0.1, 0.15) is 0 Å². The second kappa shape index (κ2) is 5.59. The third-order valence-electron chi connectivity index (χ3n) is 3.60. The summed E-state index contributed by atoms with van der Waals surface area (Å²) in [6, 6.07) is 3.60. The van der Waals surface area contributed by atoms with E-state index in [1.54, 1.807) is 14.2 Å². The average Bonchev–Trinajstić information content (AvgIpc) is 2.40. The van der Waals surface area contributed by atoms with Gasteiger partial charge in [0.25, 0.3) is 0 Å². The van der Waals surface area contributed by atoms with E-state index in [1.807, 2.05) is 12.1 Å². The second-order valence-corrected chi connectivity index (χ2v) is 4.76. The van der Waals surface area contributed by atoms with Crippen LogP contribution in [0.15, 0.2) is 12.1 Å². The standard InChI is InChI=1S/C14H21NO3/c1-17-12-7-9-5-3-4-6-11(15)14(16)10(9)8-13(12)18-2/h7-8,11,14,16H,3-6,15H2,1-2H3. The molecule has 2 unspecified atom stereocenters. The van der Waals surface area contributed by atoms with Gasteiger partial charge in [0.15, 0.2) is 11.5 Å². The van der Waals surface area contributed by atoms with Crippen LogP contribution in [0.25, 0.3) is 0 Å². The number of aryl methyl sites for hydroxylation is 1. The Morgan fingerprint density at radius 3 is 2.50 bits per heavy atom. The lowest BCUT2D eigenvalue weighted by Crippen LogP contribution is -2.30. The lowest BCUT2D eigenvalue weighted by molar-refractivity contribution is 0.137. The first-order chi connectivity index (χ1) is 8.67. The molecule has 2 rings (SSSR count). The molecule has 0 bridgehead atoms. The fraction of sp³-hybridized carbons (Fsp3) is 0.571. The van der Waals surface area contributed by atoms with Crippen LogP contribution in [0.1, 0.15) is 36.5 Å². The quantitative estimate of drug-likeness (QED) is 0.841. The molecule has 0 fully saturated rings. The van der Waals surface area contributed by atoms with Gasteiger partial charge < -0.3 is 20.3 Å². The van der Waals surface area contributed by atoms with Crippen molar-refractivity contribution >= 4 is 0 Å². The van der Waals surface area contributed by atoms with Gasteiger partial charge in [-0.15, -0.1) is 0 Å². The monoisotopic (exact) mass is 251 g/mol. The summed E-state index contributed by atoms with van der Waals surface area (Å²) in [6.07, 6.45) is 3.31. The molecule has 4 heteroatoms. The molecule has 0 saturated carbocycles. The number of aliphatic hydroxyl groups is 1. The van der Waals surface area contributed by atoms with Crippen LogP contribution < -0.4 is 15.2 Å². The van der Waals surface area contributed by atoms with Crippen molar-refractivity contribution in [3.8, 4) is 11.5 Å². The molecule has 0 amide bonds. The van der Waals surface area contributed by atoms with Gasteiger partial charge in [-0.2, -0.15) is 0 Å². The molecule has 100 valence electrons. The molecule has 0 saturated heterocycles. The Morgan fingerprint density at radius 1 is 1.17 bits per heavy atom. The Morgan fingerprint density at radius 2 is 1.83 bits per heavy atom. The largest absolute Gasteiger partial charge is 0.493 e. The van der Waals surface area contributed by atoms with E-state index in [-0.39, 0.29) is 6.04 Å². The lowest BCUT2D eigenvalue weighted by atomic mass is 9.88. The number of hydrogen-bond donors (Lipinski definition) is 2. The van der Waals surface area contributed by atoms with E-state index >= 15 is 0 Å². The first-order valence-corrected chi connectivity index (χ1v) is 6.35. The first kappa shape index (κ1) is 13.2. The lowest BCUT2D eigenvalue weighted by Gasteiger charge is -2.25. The summed E-state index contributed by atoms with van der Waals surface area (Å²) in [5.74, 6) is 1.35. The van der Waals surface area contributed by atoms with Crippen molar-refractivity contribution < 1.29 is 14.6 Å². The summed E-state index contributed by atoms with van der Waals surface area (Å²) < 4.78 is 10.6. The molecular formula is C14H21NO3. The van der Waals surface area contributed by atoms with Crippen molar-refractivity contribution in [2.75, 3.05) is 14.2 Å². The van der Waals surface area contributed by atoms with Gasteiger partial charge in [0, 0.05) is 6.04 Å². The van der Waals surface area contributed by atoms with Gasteiger partial charge in [0.05, 0.1) is 20.3 Å². The highest BCUT2D eigenvalue weighted by molar-refractivity contribution is 5.48. The Bertz CT molecular complexity index is 420. The second-order valence-electron chi connectivity index (χ2n) is 4.76. The molecule has 2 atom stereocenters. The van der Waals surface area contributed by atoms with E-state index in [1.165, 1.54) is 0 Å². The summed E-state index contributed by atoms with van der Waals surface area (Å²) in [5, 5.41) is 10.3. The fourth-order valence-corrected chi connectivity index (χ4v) is 2.51. The number of benzene rings is 1. The van der Waals surface area contributed by atoms with Gasteiger partial charge in [-0.05, 0) is 42.5 Å². The highest BCUT2D eigenvalue weighted by Gasteiger charge is 2.24. The molecule has 1 aromatic rings. The van der Waals surface area contributed by atoms with E-state index in [2.05, 4.69) is 0 Å². The number of methoxy groups -OCH3 is 2. The number of hydrogen-bond acceptors (Lipinski definition) is 4. The van der Waals surface area contributed by atoms with Crippen molar-refractivity contribution in [2.45, 2.75) is 37.8 Å². The summed E-state index contributed by atoms with van der Waals surface area (Å²) in [4.78, 5) is 0. The summed E-state index contributed by atoms with van der Waals surface area (Å²) in [7, 11) is 3.22. The number of nitrogens with two attached hydrogens (primary N) is 1. The van der Waals surface area contributed by atoms with Crippen LogP contribution in [0.4, 0.5) is 0 Å². The number of fused-ring (bicyclic) bond motifs is 1. The topological polar surface area (TPSA) is 64.7 Å². The fourth-order valence-electron chi connectivity index (χ4n) is 2.51. The highest BCUT2D eigenvalue weighted by Crippen LogP contribution is 2.36. The molecule has 1 aromatic carbocycles. The van der Waals surface area contributed by atoms with Crippen LogP contribution in [-0.2, 0) is 6.42 Å². The maximum absolute atomic E-state index is 10.3. The zero-order chi connectivity index (χ0) is 13.1. The molecule has 18 heavy (non-hydrogen) atoms. The number of aliphatic hydroxyl groups excluding tert-OH is 1. The van der Waals surface area contributed by atoms with Crippen LogP contribution in [-0.4, -0.2) is 25.4 Å². The molecule has 0 radical (unpaired) electrons.